The van der Waals surface area contributed by atoms with Gasteiger partial charge in [-0.3, -0.25) is 4.90 Å². The lowest BCUT2D eigenvalue weighted by Gasteiger charge is -2.15. The van der Waals surface area contributed by atoms with Crippen molar-refractivity contribution < 1.29 is 4.74 Å². The van der Waals surface area contributed by atoms with Crippen molar-refractivity contribution in [3.05, 3.63) is 24.3 Å². The van der Waals surface area contributed by atoms with Gasteiger partial charge < -0.3 is 10.5 Å². The van der Waals surface area contributed by atoms with E-state index < -0.39 is 0 Å². The topological polar surface area (TPSA) is 38.5 Å². The summed E-state index contributed by atoms with van der Waals surface area (Å²) in [6.45, 7) is 6.52. The summed E-state index contributed by atoms with van der Waals surface area (Å²) in [6.07, 6.45) is 1.32. The summed E-state index contributed by atoms with van der Waals surface area (Å²) in [7, 11) is 0. The van der Waals surface area contributed by atoms with Gasteiger partial charge in [0.2, 0.25) is 0 Å². The molecule has 0 amide bonds. The standard InChI is InChI=1S/C13H20N2O/c1-11-6-7-15(10-11)8-9-16-13-4-2-12(14)3-5-13/h2-5,11H,6-10,14H2,1H3. The summed E-state index contributed by atoms with van der Waals surface area (Å²) < 4.78 is 5.66. The number of hydrogen-bond donors (Lipinski definition) is 1. The third-order valence-corrected chi connectivity index (χ3v) is 3.06. The number of ether oxygens (including phenoxy) is 1. The van der Waals surface area contributed by atoms with Crippen LogP contribution in [0.15, 0.2) is 24.3 Å². The highest BCUT2D eigenvalue weighted by atomic mass is 16.5. The van der Waals surface area contributed by atoms with Gasteiger partial charge in [0.25, 0.3) is 0 Å². The van der Waals surface area contributed by atoms with E-state index in [1.165, 1.54) is 19.5 Å². The number of nitrogens with zero attached hydrogens (tertiary/aromatic N) is 1. The zero-order valence-corrected chi connectivity index (χ0v) is 9.86. The lowest BCUT2D eigenvalue weighted by molar-refractivity contribution is 0.234. The molecule has 2 N–H and O–H groups in total. The van der Waals surface area contributed by atoms with Crippen LogP contribution in [0.5, 0.6) is 5.75 Å². The van der Waals surface area contributed by atoms with E-state index in [-0.39, 0.29) is 0 Å². The molecule has 1 aliphatic heterocycles. The van der Waals surface area contributed by atoms with E-state index in [1.54, 1.807) is 0 Å². The first-order valence-electron chi connectivity index (χ1n) is 5.95. The van der Waals surface area contributed by atoms with Crippen LogP contribution in [0.1, 0.15) is 13.3 Å². The number of hydrogen-bond acceptors (Lipinski definition) is 3. The molecule has 2 rings (SSSR count). The Morgan fingerprint density at radius 3 is 2.75 bits per heavy atom. The van der Waals surface area contributed by atoms with Crippen molar-refractivity contribution in [3.63, 3.8) is 0 Å². The molecule has 0 aromatic heterocycles. The average molecular weight is 220 g/mol. The lowest BCUT2D eigenvalue weighted by atomic mass is 10.2. The molecule has 3 nitrogen and oxygen atoms in total. The number of nitrogen functional groups attached to an aromatic ring is 1. The van der Waals surface area contributed by atoms with Crippen LogP contribution in [-0.4, -0.2) is 31.1 Å². The van der Waals surface area contributed by atoms with Gasteiger partial charge in [-0.05, 0) is 43.1 Å². The van der Waals surface area contributed by atoms with Gasteiger partial charge in [-0.25, -0.2) is 0 Å². The lowest BCUT2D eigenvalue weighted by Crippen LogP contribution is -2.25. The summed E-state index contributed by atoms with van der Waals surface area (Å²) >= 11 is 0. The first-order chi connectivity index (χ1) is 7.74. The molecule has 0 bridgehead atoms. The van der Waals surface area contributed by atoms with Crippen LogP contribution >= 0.6 is 0 Å². The maximum absolute atomic E-state index is 5.66. The second-order valence-corrected chi connectivity index (χ2v) is 4.61. The van der Waals surface area contributed by atoms with Crippen LogP contribution in [0, 0.1) is 5.92 Å². The van der Waals surface area contributed by atoms with E-state index in [9.17, 15) is 0 Å². The van der Waals surface area contributed by atoms with Crippen molar-refractivity contribution in [2.75, 3.05) is 32.0 Å². The van der Waals surface area contributed by atoms with E-state index in [0.717, 1.165) is 30.5 Å². The molecular weight excluding hydrogens is 200 g/mol. The van der Waals surface area contributed by atoms with Gasteiger partial charge in [-0.15, -0.1) is 0 Å². The third-order valence-electron chi connectivity index (χ3n) is 3.06. The molecule has 1 unspecified atom stereocenters. The van der Waals surface area contributed by atoms with E-state index in [4.69, 9.17) is 10.5 Å². The average Bonchev–Trinajstić information content (AvgIpc) is 2.67. The summed E-state index contributed by atoms with van der Waals surface area (Å²) in [5, 5.41) is 0. The minimum atomic E-state index is 0.761. The molecule has 16 heavy (non-hydrogen) atoms. The summed E-state index contributed by atoms with van der Waals surface area (Å²) in [6, 6.07) is 7.57. The van der Waals surface area contributed by atoms with Gasteiger partial charge in [-0.2, -0.15) is 0 Å². The van der Waals surface area contributed by atoms with Crippen LogP contribution in [0.25, 0.3) is 0 Å². The van der Waals surface area contributed by atoms with Crippen molar-refractivity contribution in [1.82, 2.24) is 4.90 Å². The molecule has 1 aromatic rings. The van der Waals surface area contributed by atoms with Gasteiger partial charge in [0, 0.05) is 18.8 Å². The maximum atomic E-state index is 5.66. The van der Waals surface area contributed by atoms with E-state index in [2.05, 4.69) is 11.8 Å². The summed E-state index contributed by atoms with van der Waals surface area (Å²) in [5.74, 6) is 1.75. The first kappa shape index (κ1) is 11.3. The molecule has 1 aliphatic rings. The molecule has 0 saturated carbocycles. The Morgan fingerprint density at radius 1 is 1.38 bits per heavy atom. The Morgan fingerprint density at radius 2 is 2.12 bits per heavy atom. The van der Waals surface area contributed by atoms with Gasteiger partial charge in [0.1, 0.15) is 12.4 Å². The fourth-order valence-electron chi connectivity index (χ4n) is 2.09. The predicted octanol–water partition coefficient (Wildman–Crippen LogP) is 1.99. The first-order valence-corrected chi connectivity index (χ1v) is 5.95. The Bertz CT molecular complexity index is 323. The van der Waals surface area contributed by atoms with E-state index >= 15 is 0 Å². The van der Waals surface area contributed by atoms with Crippen molar-refractivity contribution in [2.45, 2.75) is 13.3 Å². The van der Waals surface area contributed by atoms with Crippen molar-refractivity contribution in [3.8, 4) is 5.75 Å². The SMILES string of the molecule is CC1CCN(CCOc2ccc(N)cc2)C1. The number of anilines is 1. The van der Waals surface area contributed by atoms with E-state index in [1.807, 2.05) is 24.3 Å². The Labute approximate surface area is 97.2 Å². The van der Waals surface area contributed by atoms with Crippen molar-refractivity contribution in [1.29, 1.82) is 0 Å². The van der Waals surface area contributed by atoms with Crippen molar-refractivity contribution in [2.24, 2.45) is 5.92 Å². The molecule has 0 aliphatic carbocycles. The monoisotopic (exact) mass is 220 g/mol. The largest absolute Gasteiger partial charge is 0.492 e. The van der Waals surface area contributed by atoms with Gasteiger partial charge in [0.05, 0.1) is 0 Å². The molecular formula is C13H20N2O. The number of likely N-dealkylation sites (tertiary alicyclic amines) is 1. The third kappa shape index (κ3) is 3.14. The number of benzene rings is 1. The number of rotatable bonds is 4. The zero-order valence-electron chi connectivity index (χ0n) is 9.86. The molecule has 1 aromatic carbocycles. The Hall–Kier alpha value is -1.22. The zero-order chi connectivity index (χ0) is 11.4. The highest BCUT2D eigenvalue weighted by Crippen LogP contribution is 2.15. The highest BCUT2D eigenvalue weighted by Gasteiger charge is 2.17. The quantitative estimate of drug-likeness (QED) is 0.789. The molecule has 1 fully saturated rings. The van der Waals surface area contributed by atoms with Gasteiger partial charge in [-0.1, -0.05) is 6.92 Å². The summed E-state index contributed by atoms with van der Waals surface area (Å²) in [5.41, 5.74) is 6.38. The molecule has 1 heterocycles. The van der Waals surface area contributed by atoms with Gasteiger partial charge >= 0.3 is 0 Å². The number of nitrogens with two attached hydrogens (primary N) is 1. The molecule has 88 valence electrons. The molecule has 1 saturated heterocycles. The summed E-state index contributed by atoms with van der Waals surface area (Å²) in [4.78, 5) is 2.46. The molecule has 0 spiro atoms. The van der Waals surface area contributed by atoms with Crippen LogP contribution < -0.4 is 10.5 Å². The van der Waals surface area contributed by atoms with E-state index in [0.29, 0.717) is 0 Å². The predicted molar refractivity (Wildman–Crippen MR) is 66.6 cm³/mol. The molecule has 0 radical (unpaired) electrons. The Balaban J connectivity index is 1.70. The highest BCUT2D eigenvalue weighted by molar-refractivity contribution is 5.41. The fraction of sp³-hybridized carbons (Fsp3) is 0.538. The molecule has 1 atom stereocenters. The van der Waals surface area contributed by atoms with Crippen LogP contribution in [0.4, 0.5) is 5.69 Å². The second-order valence-electron chi connectivity index (χ2n) is 4.61. The normalized spacial score (nSPS) is 21.2. The minimum Gasteiger partial charge on any atom is -0.492 e. The second kappa shape index (κ2) is 5.21. The van der Waals surface area contributed by atoms with Crippen molar-refractivity contribution >= 4 is 5.69 Å². The minimum absolute atomic E-state index is 0.761. The van der Waals surface area contributed by atoms with Crippen LogP contribution in [0.3, 0.4) is 0 Å². The Kier molecular flexibility index (Phi) is 3.67. The molecule has 3 heteroatoms. The fourth-order valence-corrected chi connectivity index (χ4v) is 2.09. The van der Waals surface area contributed by atoms with Crippen LogP contribution in [0.2, 0.25) is 0 Å². The van der Waals surface area contributed by atoms with Gasteiger partial charge in [0.15, 0.2) is 0 Å². The van der Waals surface area contributed by atoms with Crippen LogP contribution in [-0.2, 0) is 0 Å². The smallest absolute Gasteiger partial charge is 0.119 e. The maximum Gasteiger partial charge on any atom is 0.119 e.